The number of methoxy groups -OCH3 is 2. The van der Waals surface area contributed by atoms with Crippen molar-refractivity contribution in [2.24, 2.45) is 0 Å². The second-order valence-electron chi connectivity index (χ2n) is 9.64. The maximum atomic E-state index is 13.6. The number of carbonyl (C=O) groups excluding carboxylic acids is 1. The van der Waals surface area contributed by atoms with Crippen LogP contribution < -0.4 is 14.8 Å². The van der Waals surface area contributed by atoms with Gasteiger partial charge in [-0.25, -0.2) is 0 Å². The van der Waals surface area contributed by atoms with Crippen LogP contribution in [0.25, 0.3) is 21.9 Å². The molecule has 2 aliphatic rings. The van der Waals surface area contributed by atoms with Gasteiger partial charge >= 0.3 is 0 Å². The topological polar surface area (TPSA) is 69.3 Å². The van der Waals surface area contributed by atoms with Crippen molar-refractivity contribution in [3.05, 3.63) is 60.2 Å². The summed E-state index contributed by atoms with van der Waals surface area (Å²) in [5.74, 6) is 1.70. The van der Waals surface area contributed by atoms with Crippen LogP contribution in [-0.2, 0) is 20.8 Å². The number of nitrogens with one attached hydrogen (secondary N) is 1. The maximum absolute atomic E-state index is 13.6. The standard InChI is InChI=1S/C30H36N2O5/c1-34-15-5-16-36-27-18-22(20-32(23-10-11-23)30(33)28-19-31-14-17-37-28)29(26-7-4-3-6-25(26)27)21-8-12-24(35-2)13-9-21/h3-4,6-9,12-13,18,23,28,31H,5,10-11,14-17,19-20H2,1-2H3/t28-/m1/s1. The highest BCUT2D eigenvalue weighted by Crippen LogP contribution is 2.40. The van der Waals surface area contributed by atoms with E-state index in [4.69, 9.17) is 18.9 Å². The van der Waals surface area contributed by atoms with Gasteiger partial charge in [-0.1, -0.05) is 36.4 Å². The highest BCUT2D eigenvalue weighted by Gasteiger charge is 2.37. The zero-order chi connectivity index (χ0) is 25.6. The fourth-order valence-electron chi connectivity index (χ4n) is 4.99. The van der Waals surface area contributed by atoms with E-state index in [2.05, 4.69) is 41.7 Å². The van der Waals surface area contributed by atoms with Gasteiger partial charge in [-0.2, -0.15) is 0 Å². The average molecular weight is 505 g/mol. The molecule has 1 heterocycles. The van der Waals surface area contributed by atoms with Crippen molar-refractivity contribution in [3.8, 4) is 22.6 Å². The molecular weight excluding hydrogens is 468 g/mol. The third kappa shape index (κ3) is 5.90. The lowest BCUT2D eigenvalue weighted by molar-refractivity contribution is -0.146. The molecule has 2 fully saturated rings. The van der Waals surface area contributed by atoms with E-state index in [9.17, 15) is 4.79 Å². The molecule has 1 saturated carbocycles. The van der Waals surface area contributed by atoms with Crippen LogP contribution >= 0.6 is 0 Å². The van der Waals surface area contributed by atoms with Crippen molar-refractivity contribution < 1.29 is 23.7 Å². The molecule has 0 unspecified atom stereocenters. The molecule has 0 spiro atoms. The van der Waals surface area contributed by atoms with Crippen molar-refractivity contribution in [2.45, 2.75) is 38.0 Å². The minimum absolute atomic E-state index is 0.0612. The second-order valence-corrected chi connectivity index (χ2v) is 9.64. The smallest absolute Gasteiger partial charge is 0.253 e. The maximum Gasteiger partial charge on any atom is 0.253 e. The third-order valence-electron chi connectivity index (χ3n) is 7.03. The van der Waals surface area contributed by atoms with Gasteiger partial charge in [-0.05, 0) is 53.1 Å². The molecule has 1 saturated heterocycles. The summed E-state index contributed by atoms with van der Waals surface area (Å²) in [6, 6.07) is 18.8. The molecule has 1 aliphatic heterocycles. The number of ether oxygens (including phenoxy) is 4. The van der Waals surface area contributed by atoms with E-state index in [-0.39, 0.29) is 11.9 Å². The average Bonchev–Trinajstić information content (AvgIpc) is 3.80. The molecule has 5 rings (SSSR count). The first-order valence-electron chi connectivity index (χ1n) is 13.1. The Hall–Kier alpha value is -3.13. The number of carbonyl (C=O) groups is 1. The molecule has 7 heteroatoms. The van der Waals surface area contributed by atoms with Crippen LogP contribution in [0.5, 0.6) is 11.5 Å². The fraction of sp³-hybridized carbons (Fsp3) is 0.433. The van der Waals surface area contributed by atoms with Gasteiger partial charge in [0.1, 0.15) is 17.6 Å². The van der Waals surface area contributed by atoms with Crippen LogP contribution in [0, 0.1) is 0 Å². The molecule has 3 aromatic carbocycles. The molecule has 0 bridgehead atoms. The number of benzene rings is 3. The van der Waals surface area contributed by atoms with Crippen LogP contribution in [0.2, 0.25) is 0 Å². The Kier molecular flexibility index (Phi) is 8.24. The van der Waals surface area contributed by atoms with Crippen molar-refractivity contribution in [3.63, 3.8) is 0 Å². The number of nitrogens with zero attached hydrogens (tertiary/aromatic N) is 1. The molecular formula is C30H36N2O5. The van der Waals surface area contributed by atoms with Gasteiger partial charge in [0.25, 0.3) is 5.91 Å². The lowest BCUT2D eigenvalue weighted by Crippen LogP contribution is -2.49. The van der Waals surface area contributed by atoms with Gasteiger partial charge in [0.2, 0.25) is 0 Å². The normalized spacial score (nSPS) is 17.5. The van der Waals surface area contributed by atoms with Crippen LogP contribution in [0.4, 0.5) is 0 Å². The van der Waals surface area contributed by atoms with Crippen LogP contribution in [0.1, 0.15) is 24.8 Å². The highest BCUT2D eigenvalue weighted by atomic mass is 16.5. The minimum atomic E-state index is -0.441. The number of amides is 1. The van der Waals surface area contributed by atoms with E-state index in [1.807, 2.05) is 23.1 Å². The highest BCUT2D eigenvalue weighted by molar-refractivity contribution is 6.02. The van der Waals surface area contributed by atoms with E-state index in [0.717, 1.165) is 64.8 Å². The predicted octanol–water partition coefficient (Wildman–Crippen LogP) is 4.41. The fourth-order valence-corrected chi connectivity index (χ4v) is 4.99. The lowest BCUT2D eigenvalue weighted by atomic mass is 9.92. The largest absolute Gasteiger partial charge is 0.497 e. The number of rotatable bonds is 11. The van der Waals surface area contributed by atoms with Gasteiger partial charge < -0.3 is 29.2 Å². The van der Waals surface area contributed by atoms with Crippen molar-refractivity contribution in [1.29, 1.82) is 0 Å². The van der Waals surface area contributed by atoms with Gasteiger partial charge in [0, 0.05) is 51.2 Å². The Morgan fingerprint density at radius 2 is 1.84 bits per heavy atom. The molecule has 1 amide bonds. The van der Waals surface area contributed by atoms with E-state index in [0.29, 0.717) is 32.9 Å². The molecule has 0 aromatic heterocycles. The molecule has 37 heavy (non-hydrogen) atoms. The molecule has 1 aliphatic carbocycles. The predicted molar refractivity (Wildman–Crippen MR) is 144 cm³/mol. The minimum Gasteiger partial charge on any atom is -0.497 e. The molecule has 3 aromatic rings. The number of hydrogen-bond acceptors (Lipinski definition) is 6. The lowest BCUT2D eigenvalue weighted by Gasteiger charge is -2.31. The monoisotopic (exact) mass is 504 g/mol. The quantitative estimate of drug-likeness (QED) is 0.390. The van der Waals surface area contributed by atoms with Crippen molar-refractivity contribution in [1.82, 2.24) is 10.2 Å². The Morgan fingerprint density at radius 3 is 2.51 bits per heavy atom. The first-order chi connectivity index (χ1) is 18.2. The summed E-state index contributed by atoms with van der Waals surface area (Å²) in [4.78, 5) is 15.6. The summed E-state index contributed by atoms with van der Waals surface area (Å²) in [6.07, 6.45) is 2.41. The first kappa shape index (κ1) is 25.5. The van der Waals surface area contributed by atoms with Crippen molar-refractivity contribution in [2.75, 3.05) is 47.1 Å². The molecule has 7 nitrogen and oxygen atoms in total. The summed E-state index contributed by atoms with van der Waals surface area (Å²) in [5, 5.41) is 5.45. The summed E-state index contributed by atoms with van der Waals surface area (Å²) in [5.41, 5.74) is 3.26. The number of morpholine rings is 1. The molecule has 0 radical (unpaired) electrons. The van der Waals surface area contributed by atoms with E-state index in [1.54, 1.807) is 14.2 Å². The second kappa shape index (κ2) is 11.9. The van der Waals surface area contributed by atoms with Crippen molar-refractivity contribution >= 4 is 16.7 Å². The van der Waals surface area contributed by atoms with Gasteiger partial charge in [0.15, 0.2) is 0 Å². The van der Waals surface area contributed by atoms with Crippen LogP contribution in [0.15, 0.2) is 54.6 Å². The number of fused-ring (bicyclic) bond motifs is 1. The summed E-state index contributed by atoms with van der Waals surface area (Å²) in [6.45, 7) is 3.60. The zero-order valence-electron chi connectivity index (χ0n) is 21.7. The summed E-state index contributed by atoms with van der Waals surface area (Å²) in [7, 11) is 3.37. The Morgan fingerprint density at radius 1 is 1.05 bits per heavy atom. The summed E-state index contributed by atoms with van der Waals surface area (Å²) < 4.78 is 22.7. The van der Waals surface area contributed by atoms with E-state index in [1.165, 1.54) is 0 Å². The Labute approximate surface area is 218 Å². The zero-order valence-corrected chi connectivity index (χ0v) is 21.7. The van der Waals surface area contributed by atoms with Gasteiger partial charge in [0.05, 0.1) is 20.3 Å². The SMILES string of the molecule is COCCCOc1cc(CN(C(=O)[C@H]2CNCCO2)C2CC2)c(-c2ccc(OC)cc2)c2ccccc12. The van der Waals surface area contributed by atoms with Gasteiger partial charge in [-0.3, -0.25) is 4.79 Å². The van der Waals surface area contributed by atoms with Gasteiger partial charge in [-0.15, -0.1) is 0 Å². The molecule has 196 valence electrons. The summed E-state index contributed by atoms with van der Waals surface area (Å²) >= 11 is 0. The molecule has 1 atom stereocenters. The third-order valence-corrected chi connectivity index (χ3v) is 7.03. The van der Waals surface area contributed by atoms with Crippen LogP contribution in [0.3, 0.4) is 0 Å². The molecule has 1 N–H and O–H groups in total. The van der Waals surface area contributed by atoms with Crippen LogP contribution in [-0.4, -0.2) is 70.1 Å². The number of hydrogen-bond donors (Lipinski definition) is 1. The van der Waals surface area contributed by atoms with E-state index >= 15 is 0 Å². The van der Waals surface area contributed by atoms with E-state index < -0.39 is 6.10 Å². The Bertz CT molecular complexity index is 1200. The first-order valence-corrected chi connectivity index (χ1v) is 13.1. The Balaban J connectivity index is 1.57.